The Balaban J connectivity index is 1.54. The van der Waals surface area contributed by atoms with Crippen molar-refractivity contribution in [3.63, 3.8) is 0 Å². The smallest absolute Gasteiger partial charge is 0.254 e. The summed E-state index contributed by atoms with van der Waals surface area (Å²) in [7, 11) is 0. The first-order valence-corrected chi connectivity index (χ1v) is 11.1. The van der Waals surface area contributed by atoms with Crippen LogP contribution in [-0.4, -0.2) is 62.7 Å². The van der Waals surface area contributed by atoms with Gasteiger partial charge in [0.1, 0.15) is 0 Å². The molecular weight excluding hydrogens is 374 g/mol. The normalized spacial score (nSPS) is 20.0. The maximum atomic E-state index is 13.7. The van der Waals surface area contributed by atoms with Gasteiger partial charge < -0.3 is 4.90 Å². The van der Waals surface area contributed by atoms with Gasteiger partial charge in [-0.2, -0.15) is 5.10 Å². The molecule has 2 aliphatic heterocycles. The quantitative estimate of drug-likeness (QED) is 0.664. The molecule has 2 aliphatic rings. The summed E-state index contributed by atoms with van der Waals surface area (Å²) in [4.78, 5) is 23.2. The molecule has 0 N–H and O–H groups in total. The first-order chi connectivity index (χ1) is 14.6. The van der Waals surface area contributed by atoms with Crippen LogP contribution in [0.4, 0.5) is 0 Å². The van der Waals surface area contributed by atoms with Gasteiger partial charge in [0.25, 0.3) is 5.91 Å². The molecule has 0 aliphatic carbocycles. The van der Waals surface area contributed by atoms with Crippen molar-refractivity contribution in [2.24, 2.45) is 0 Å². The number of aromatic nitrogens is 3. The molecule has 2 aromatic heterocycles. The van der Waals surface area contributed by atoms with Crippen molar-refractivity contribution >= 4 is 16.8 Å². The number of amides is 1. The third kappa shape index (κ3) is 3.49. The lowest BCUT2D eigenvalue weighted by Crippen LogP contribution is -2.39. The molecule has 30 heavy (non-hydrogen) atoms. The Morgan fingerprint density at radius 3 is 2.80 bits per heavy atom. The Labute approximate surface area is 177 Å². The Hall–Kier alpha value is -2.73. The molecule has 1 amide bonds. The van der Waals surface area contributed by atoms with Crippen LogP contribution in [0.2, 0.25) is 0 Å². The third-order valence-electron chi connectivity index (χ3n) is 6.46. The second-order valence-electron chi connectivity index (χ2n) is 8.81. The monoisotopic (exact) mass is 403 g/mol. The zero-order chi connectivity index (χ0) is 20.7. The van der Waals surface area contributed by atoms with Crippen LogP contribution in [0.25, 0.3) is 22.2 Å². The van der Waals surface area contributed by atoms with Crippen LogP contribution < -0.4 is 0 Å². The lowest BCUT2D eigenvalue weighted by Gasteiger charge is -2.26. The predicted molar refractivity (Wildman–Crippen MR) is 118 cm³/mol. The van der Waals surface area contributed by atoms with Gasteiger partial charge in [-0.05, 0) is 51.8 Å². The van der Waals surface area contributed by atoms with Crippen molar-refractivity contribution in [1.82, 2.24) is 24.6 Å². The van der Waals surface area contributed by atoms with E-state index in [9.17, 15) is 4.79 Å². The molecule has 0 radical (unpaired) electrons. The highest BCUT2D eigenvalue weighted by atomic mass is 16.2. The second kappa shape index (κ2) is 7.84. The highest BCUT2D eigenvalue weighted by molar-refractivity contribution is 6.07. The molecule has 2 fully saturated rings. The van der Waals surface area contributed by atoms with Gasteiger partial charge in [0, 0.05) is 48.9 Å². The summed E-state index contributed by atoms with van der Waals surface area (Å²) in [5.41, 5.74) is 3.36. The minimum atomic E-state index is 0.125. The molecule has 0 bridgehead atoms. The Morgan fingerprint density at radius 1 is 1.13 bits per heavy atom. The van der Waals surface area contributed by atoms with Crippen molar-refractivity contribution in [2.75, 3.05) is 26.2 Å². The largest absolute Gasteiger partial charge is 0.337 e. The van der Waals surface area contributed by atoms with E-state index in [1.807, 2.05) is 47.4 Å². The fraction of sp³-hybridized carbons (Fsp3) is 0.458. The van der Waals surface area contributed by atoms with Crippen molar-refractivity contribution in [3.05, 3.63) is 48.3 Å². The number of para-hydroxylation sites is 1. The molecule has 6 nitrogen and oxygen atoms in total. The van der Waals surface area contributed by atoms with Crippen molar-refractivity contribution in [2.45, 2.75) is 45.2 Å². The molecule has 3 aromatic rings. The molecule has 6 heteroatoms. The lowest BCUT2D eigenvalue weighted by molar-refractivity contribution is 0.0745. The van der Waals surface area contributed by atoms with E-state index in [2.05, 4.69) is 28.7 Å². The number of hydrogen-bond acceptors (Lipinski definition) is 4. The Kier molecular flexibility index (Phi) is 5.03. The molecule has 5 rings (SSSR count). The van der Waals surface area contributed by atoms with Gasteiger partial charge in [-0.15, -0.1) is 0 Å². The average Bonchev–Trinajstić information content (AvgIpc) is 3.38. The number of fused-ring (bicyclic) bond motifs is 2. The van der Waals surface area contributed by atoms with Crippen LogP contribution in [-0.2, 0) is 0 Å². The minimum absolute atomic E-state index is 0.125. The highest BCUT2D eigenvalue weighted by Crippen LogP contribution is 2.28. The fourth-order valence-corrected chi connectivity index (χ4v) is 4.81. The Bertz CT molecular complexity index is 1070. The first kappa shape index (κ1) is 19.2. The van der Waals surface area contributed by atoms with E-state index in [1.54, 1.807) is 0 Å². The third-order valence-corrected chi connectivity index (χ3v) is 6.46. The molecule has 0 unspecified atom stereocenters. The van der Waals surface area contributed by atoms with Crippen LogP contribution in [0, 0.1) is 0 Å². The molecule has 4 heterocycles. The van der Waals surface area contributed by atoms with Crippen molar-refractivity contribution < 1.29 is 4.79 Å². The molecule has 0 saturated carbocycles. The summed E-state index contributed by atoms with van der Waals surface area (Å²) in [6, 6.07) is 10.7. The maximum Gasteiger partial charge on any atom is 0.254 e. The lowest BCUT2D eigenvalue weighted by atomic mass is 10.0. The number of hydrogen-bond donors (Lipinski definition) is 0. The van der Waals surface area contributed by atoms with E-state index in [0.717, 1.165) is 53.8 Å². The molecule has 1 atom stereocenters. The predicted octanol–water partition coefficient (Wildman–Crippen LogP) is 3.99. The van der Waals surface area contributed by atoms with E-state index in [4.69, 9.17) is 4.98 Å². The van der Waals surface area contributed by atoms with Gasteiger partial charge in [0.2, 0.25) is 0 Å². The number of carbonyl (C=O) groups is 1. The van der Waals surface area contributed by atoms with Gasteiger partial charge in [-0.3, -0.25) is 14.4 Å². The fourth-order valence-electron chi connectivity index (χ4n) is 4.81. The van der Waals surface area contributed by atoms with Gasteiger partial charge in [-0.1, -0.05) is 18.2 Å². The van der Waals surface area contributed by atoms with Crippen molar-refractivity contribution in [1.29, 1.82) is 0 Å². The standard InChI is InChI=1S/C24H29N5O/c1-17(2)29-15-18(14-25-29)23-13-21(20-8-3-4-9-22(20)26-23)24(30)28-12-6-11-27-10-5-7-19(27)16-28/h3-4,8-9,13-15,17,19H,5-7,10-12,16H2,1-2H3/t19-/m0/s1. The van der Waals surface area contributed by atoms with Gasteiger partial charge >= 0.3 is 0 Å². The number of rotatable bonds is 3. The summed E-state index contributed by atoms with van der Waals surface area (Å²) >= 11 is 0. The van der Waals surface area contributed by atoms with E-state index >= 15 is 0 Å². The van der Waals surface area contributed by atoms with Gasteiger partial charge in [0.05, 0.1) is 23.0 Å². The van der Waals surface area contributed by atoms with Crippen LogP contribution >= 0.6 is 0 Å². The van der Waals surface area contributed by atoms with Crippen LogP contribution in [0.3, 0.4) is 0 Å². The minimum Gasteiger partial charge on any atom is -0.337 e. The van der Waals surface area contributed by atoms with Crippen molar-refractivity contribution in [3.8, 4) is 11.3 Å². The molecule has 0 spiro atoms. The van der Waals surface area contributed by atoms with E-state index in [0.29, 0.717) is 6.04 Å². The number of carbonyl (C=O) groups excluding carboxylic acids is 1. The SMILES string of the molecule is CC(C)n1cc(-c2cc(C(=O)N3CCCN4CCC[C@H]4C3)c3ccccc3n2)cn1. The maximum absolute atomic E-state index is 13.7. The van der Waals surface area contributed by atoms with E-state index in [-0.39, 0.29) is 11.9 Å². The zero-order valence-corrected chi connectivity index (χ0v) is 17.8. The summed E-state index contributed by atoms with van der Waals surface area (Å²) in [6.45, 7) is 8.13. The number of pyridine rings is 1. The Morgan fingerprint density at radius 2 is 1.97 bits per heavy atom. The molecule has 1 aromatic carbocycles. The number of nitrogens with zero attached hydrogens (tertiary/aromatic N) is 5. The summed E-state index contributed by atoms with van der Waals surface area (Å²) in [5.74, 6) is 0.125. The summed E-state index contributed by atoms with van der Waals surface area (Å²) in [6.07, 6.45) is 7.33. The summed E-state index contributed by atoms with van der Waals surface area (Å²) < 4.78 is 1.93. The van der Waals surface area contributed by atoms with Gasteiger partial charge in [0.15, 0.2) is 0 Å². The topological polar surface area (TPSA) is 54.3 Å². The van der Waals surface area contributed by atoms with Crippen LogP contribution in [0.1, 0.15) is 49.5 Å². The zero-order valence-electron chi connectivity index (χ0n) is 17.8. The average molecular weight is 404 g/mol. The summed E-state index contributed by atoms with van der Waals surface area (Å²) in [5, 5.41) is 5.39. The van der Waals surface area contributed by atoms with Crippen LogP contribution in [0.15, 0.2) is 42.7 Å². The van der Waals surface area contributed by atoms with Gasteiger partial charge in [-0.25, -0.2) is 4.98 Å². The van der Waals surface area contributed by atoms with E-state index in [1.165, 1.54) is 19.4 Å². The van der Waals surface area contributed by atoms with E-state index < -0.39 is 0 Å². The highest BCUT2D eigenvalue weighted by Gasteiger charge is 2.31. The first-order valence-electron chi connectivity index (χ1n) is 11.1. The molecular formula is C24H29N5O. The number of benzene rings is 1. The second-order valence-corrected chi connectivity index (χ2v) is 8.81. The molecule has 2 saturated heterocycles. The van der Waals surface area contributed by atoms with Crippen LogP contribution in [0.5, 0.6) is 0 Å². The molecule has 156 valence electrons.